The molecule has 164 valence electrons. The minimum atomic E-state index is -3.52. The maximum atomic E-state index is 12.5. The van der Waals surface area contributed by atoms with Crippen LogP contribution in [0.15, 0.2) is 28.3 Å². The van der Waals surface area contributed by atoms with Crippen LogP contribution < -0.4 is 5.32 Å². The van der Waals surface area contributed by atoms with Crippen molar-refractivity contribution in [1.82, 2.24) is 19.5 Å². The lowest BCUT2D eigenvalue weighted by molar-refractivity contribution is -0.119. The first-order valence-corrected chi connectivity index (χ1v) is 12.3. The van der Waals surface area contributed by atoms with Crippen LogP contribution >= 0.6 is 11.8 Å². The highest BCUT2D eigenvalue weighted by atomic mass is 32.2. The summed E-state index contributed by atoms with van der Waals surface area (Å²) in [7, 11) is -3.52. The van der Waals surface area contributed by atoms with Crippen LogP contribution in [0.4, 0.5) is 0 Å². The van der Waals surface area contributed by atoms with Crippen LogP contribution in [0.3, 0.4) is 0 Å². The maximum Gasteiger partial charge on any atom is 0.244 e. The molecule has 1 N–H and O–H groups in total. The Labute approximate surface area is 178 Å². The van der Waals surface area contributed by atoms with E-state index in [2.05, 4.69) is 29.0 Å². The summed E-state index contributed by atoms with van der Waals surface area (Å²) in [6.07, 6.45) is 1.36. The van der Waals surface area contributed by atoms with Gasteiger partial charge in [-0.2, -0.15) is 4.31 Å². The van der Waals surface area contributed by atoms with E-state index in [-0.39, 0.29) is 22.1 Å². The molecule has 0 bridgehead atoms. The molecule has 1 aliphatic rings. The Morgan fingerprint density at radius 1 is 1.28 bits per heavy atom. The number of sulfonamides is 1. The molecule has 2 rings (SSSR count). The van der Waals surface area contributed by atoms with E-state index in [0.717, 1.165) is 26.3 Å². The summed E-state index contributed by atoms with van der Waals surface area (Å²) in [5, 5.41) is 3.60. The number of nitrogens with one attached hydrogen (secondary N) is 1. The third kappa shape index (κ3) is 6.65. The third-order valence-electron chi connectivity index (χ3n) is 4.99. The summed E-state index contributed by atoms with van der Waals surface area (Å²) in [6, 6.07) is 3.19. The Bertz CT molecular complexity index is 759. The zero-order valence-corrected chi connectivity index (χ0v) is 19.3. The number of aromatic nitrogens is 1. The number of amides is 1. The highest BCUT2D eigenvalue weighted by Gasteiger charge is 2.28. The Morgan fingerprint density at radius 2 is 1.93 bits per heavy atom. The van der Waals surface area contributed by atoms with Crippen molar-refractivity contribution < 1.29 is 17.9 Å². The summed E-state index contributed by atoms with van der Waals surface area (Å²) in [6.45, 7) is 12.4. The fraction of sp³-hybridized carbons (Fsp3) is 0.684. The van der Waals surface area contributed by atoms with Gasteiger partial charge in [-0.15, -0.1) is 0 Å². The molecule has 0 spiro atoms. The molecule has 0 unspecified atom stereocenters. The number of thioether (sulfide) groups is 1. The molecule has 29 heavy (non-hydrogen) atoms. The number of carbonyl (C=O) groups excluding carboxylic acids is 1. The van der Waals surface area contributed by atoms with E-state index in [0.29, 0.717) is 24.7 Å². The van der Waals surface area contributed by atoms with Gasteiger partial charge in [0.15, 0.2) is 0 Å². The van der Waals surface area contributed by atoms with Gasteiger partial charge in [-0.05, 0) is 26.0 Å². The molecular weight excluding hydrogens is 412 g/mol. The van der Waals surface area contributed by atoms with E-state index in [1.165, 1.54) is 22.3 Å². The average Bonchev–Trinajstić information content (AvgIpc) is 2.72. The number of carbonyl (C=O) groups is 1. The molecule has 0 aromatic carbocycles. The molecule has 1 amide bonds. The summed E-state index contributed by atoms with van der Waals surface area (Å²) < 4.78 is 31.7. The third-order valence-corrected chi connectivity index (χ3v) is 7.97. The molecule has 10 heteroatoms. The quantitative estimate of drug-likeness (QED) is 0.546. The Hall–Kier alpha value is -1.20. The van der Waals surface area contributed by atoms with E-state index in [1.807, 2.05) is 0 Å². The summed E-state index contributed by atoms with van der Waals surface area (Å²) in [5.41, 5.74) is -0.136. The monoisotopic (exact) mass is 444 g/mol. The van der Waals surface area contributed by atoms with Gasteiger partial charge < -0.3 is 10.1 Å². The second-order valence-electron chi connectivity index (χ2n) is 7.40. The lowest BCUT2D eigenvalue weighted by atomic mass is 10.0. The molecule has 8 nitrogen and oxygen atoms in total. The van der Waals surface area contributed by atoms with E-state index in [9.17, 15) is 13.2 Å². The lowest BCUT2D eigenvalue weighted by Crippen LogP contribution is -2.55. The minimum Gasteiger partial charge on any atom is -0.379 e. The first-order valence-electron chi connectivity index (χ1n) is 9.89. The second kappa shape index (κ2) is 10.7. The van der Waals surface area contributed by atoms with Crippen LogP contribution in [0.2, 0.25) is 0 Å². The van der Waals surface area contributed by atoms with Gasteiger partial charge in [-0.1, -0.05) is 25.6 Å². The zero-order chi connectivity index (χ0) is 21.5. The molecular formula is C19H32N4O4S2. The molecule has 1 aromatic rings. The average molecular weight is 445 g/mol. The van der Waals surface area contributed by atoms with Crippen molar-refractivity contribution >= 4 is 27.7 Å². The standard InChI is InChI=1S/C19H32N4O4S2/c1-5-23(6-2)29(25,26)16-7-8-18(20-13-16)28-14-17(24)21-15-19(3,4)22-9-11-27-12-10-22/h7-8,13H,5-6,9-12,14-15H2,1-4H3,(H,21,24). The molecule has 0 aliphatic carbocycles. The first kappa shape index (κ1) is 24.1. The fourth-order valence-electron chi connectivity index (χ4n) is 3.10. The van der Waals surface area contributed by atoms with Crippen molar-refractivity contribution in [3.05, 3.63) is 18.3 Å². The van der Waals surface area contributed by atoms with Crippen molar-refractivity contribution in [2.45, 2.75) is 43.2 Å². The highest BCUT2D eigenvalue weighted by Crippen LogP contribution is 2.20. The van der Waals surface area contributed by atoms with Gasteiger partial charge in [0, 0.05) is 44.5 Å². The van der Waals surface area contributed by atoms with Crippen LogP contribution in [-0.2, 0) is 19.6 Å². The molecule has 0 radical (unpaired) electrons. The first-order chi connectivity index (χ1) is 13.7. The van der Waals surface area contributed by atoms with Crippen LogP contribution in [0.5, 0.6) is 0 Å². The molecule has 1 aromatic heterocycles. The van der Waals surface area contributed by atoms with Gasteiger partial charge in [-0.25, -0.2) is 13.4 Å². The molecule has 2 heterocycles. The molecule has 1 fully saturated rings. The predicted molar refractivity (Wildman–Crippen MR) is 115 cm³/mol. The lowest BCUT2D eigenvalue weighted by Gasteiger charge is -2.40. The van der Waals surface area contributed by atoms with E-state index < -0.39 is 10.0 Å². The van der Waals surface area contributed by atoms with Crippen LogP contribution in [0.1, 0.15) is 27.7 Å². The van der Waals surface area contributed by atoms with Gasteiger partial charge in [0.2, 0.25) is 15.9 Å². The molecule has 1 saturated heterocycles. The fourth-order valence-corrected chi connectivity index (χ4v) is 5.18. The molecule has 0 atom stereocenters. The Kier molecular flexibility index (Phi) is 8.90. The van der Waals surface area contributed by atoms with Crippen molar-refractivity contribution in [2.24, 2.45) is 0 Å². The maximum absolute atomic E-state index is 12.5. The van der Waals surface area contributed by atoms with Crippen LogP contribution in [0, 0.1) is 0 Å². The summed E-state index contributed by atoms with van der Waals surface area (Å²) in [4.78, 5) is 18.9. The highest BCUT2D eigenvalue weighted by molar-refractivity contribution is 7.99. The number of rotatable bonds is 10. The topological polar surface area (TPSA) is 91.8 Å². The number of hydrogen-bond donors (Lipinski definition) is 1. The Balaban J connectivity index is 1.84. The molecule has 1 aliphatic heterocycles. The van der Waals surface area contributed by atoms with Gasteiger partial charge in [0.25, 0.3) is 0 Å². The van der Waals surface area contributed by atoms with Crippen molar-refractivity contribution in [1.29, 1.82) is 0 Å². The minimum absolute atomic E-state index is 0.0713. The van der Waals surface area contributed by atoms with Crippen LogP contribution in [-0.4, -0.2) is 85.7 Å². The Morgan fingerprint density at radius 3 is 2.48 bits per heavy atom. The van der Waals surface area contributed by atoms with Gasteiger partial charge in [0.1, 0.15) is 4.90 Å². The van der Waals surface area contributed by atoms with E-state index in [4.69, 9.17) is 4.74 Å². The zero-order valence-electron chi connectivity index (χ0n) is 17.7. The van der Waals surface area contributed by atoms with Gasteiger partial charge in [-0.3, -0.25) is 9.69 Å². The van der Waals surface area contributed by atoms with Crippen molar-refractivity contribution in [3.8, 4) is 0 Å². The van der Waals surface area contributed by atoms with Crippen molar-refractivity contribution in [2.75, 3.05) is 51.7 Å². The summed E-state index contributed by atoms with van der Waals surface area (Å²) >= 11 is 1.29. The van der Waals surface area contributed by atoms with E-state index in [1.54, 1.807) is 26.0 Å². The van der Waals surface area contributed by atoms with Gasteiger partial charge >= 0.3 is 0 Å². The smallest absolute Gasteiger partial charge is 0.244 e. The van der Waals surface area contributed by atoms with Gasteiger partial charge in [0.05, 0.1) is 24.0 Å². The van der Waals surface area contributed by atoms with Crippen molar-refractivity contribution in [3.63, 3.8) is 0 Å². The number of ether oxygens (including phenoxy) is 1. The predicted octanol–water partition coefficient (Wildman–Crippen LogP) is 1.43. The SMILES string of the molecule is CCN(CC)S(=O)(=O)c1ccc(SCC(=O)NCC(C)(C)N2CCOCC2)nc1. The van der Waals surface area contributed by atoms with E-state index >= 15 is 0 Å². The molecule has 0 saturated carbocycles. The number of nitrogens with zero attached hydrogens (tertiary/aromatic N) is 3. The number of hydrogen-bond acceptors (Lipinski definition) is 7. The normalized spacial score (nSPS) is 16.2. The summed E-state index contributed by atoms with van der Waals surface area (Å²) in [5.74, 6) is 0.159. The number of morpholine rings is 1. The number of pyridine rings is 1. The largest absolute Gasteiger partial charge is 0.379 e. The second-order valence-corrected chi connectivity index (χ2v) is 10.3. The van der Waals surface area contributed by atoms with Crippen LogP contribution in [0.25, 0.3) is 0 Å².